The summed E-state index contributed by atoms with van der Waals surface area (Å²) >= 11 is 1.85. The van der Waals surface area contributed by atoms with Gasteiger partial charge < -0.3 is 10.0 Å². The number of carbonyl (C=O) groups is 1. The van der Waals surface area contributed by atoms with Gasteiger partial charge >= 0.3 is 0 Å². The number of carbonyl (C=O) groups excluding carboxylic acids is 1. The number of rotatable bonds is 1. The van der Waals surface area contributed by atoms with E-state index >= 15 is 0 Å². The molecule has 1 saturated heterocycles. The fourth-order valence-electron chi connectivity index (χ4n) is 1.75. The van der Waals surface area contributed by atoms with Gasteiger partial charge in [0.2, 0.25) is 0 Å². The van der Waals surface area contributed by atoms with E-state index in [9.17, 15) is 9.90 Å². The molecule has 1 aliphatic heterocycles. The molecule has 0 aromatic carbocycles. The second kappa shape index (κ2) is 4.74. The summed E-state index contributed by atoms with van der Waals surface area (Å²) in [4.78, 5) is 17.7. The molecule has 1 N–H and O–H groups in total. The predicted molar refractivity (Wildman–Crippen MR) is 63.7 cm³/mol. The van der Waals surface area contributed by atoms with Gasteiger partial charge in [0.05, 0.1) is 11.8 Å². The minimum atomic E-state index is -0.104. The smallest absolute Gasteiger partial charge is 0.258 e. The van der Waals surface area contributed by atoms with Crippen LogP contribution in [0.1, 0.15) is 17.3 Å². The number of hydrogen-bond acceptors (Lipinski definition) is 4. The number of aromatic nitrogens is 1. The zero-order chi connectivity index (χ0) is 11.5. The first-order chi connectivity index (χ1) is 7.70. The molecule has 1 aromatic heterocycles. The lowest BCUT2D eigenvalue weighted by Crippen LogP contribution is -2.44. The second-order valence-corrected chi connectivity index (χ2v) is 4.97. The highest BCUT2D eigenvalue weighted by atomic mass is 32.2. The number of nitrogens with zero attached hydrogens (tertiary/aromatic N) is 2. The van der Waals surface area contributed by atoms with E-state index in [1.165, 1.54) is 12.4 Å². The van der Waals surface area contributed by atoms with Crippen molar-refractivity contribution in [1.29, 1.82) is 0 Å². The van der Waals surface area contributed by atoms with Crippen LogP contribution in [0.25, 0.3) is 0 Å². The number of hydrogen-bond donors (Lipinski definition) is 1. The maximum Gasteiger partial charge on any atom is 0.258 e. The third-order valence-corrected chi connectivity index (χ3v) is 3.85. The third-order valence-electron chi connectivity index (χ3n) is 2.66. The summed E-state index contributed by atoms with van der Waals surface area (Å²) in [5.41, 5.74) is 0.341. The van der Waals surface area contributed by atoms with Crippen molar-refractivity contribution in [2.24, 2.45) is 0 Å². The molecule has 1 aliphatic rings. The molecule has 2 rings (SSSR count). The zero-order valence-corrected chi connectivity index (χ0v) is 9.91. The SMILES string of the molecule is CC1CSCCN1C(=O)c1ccncc1O. The average Bonchev–Trinajstić information content (AvgIpc) is 2.29. The lowest BCUT2D eigenvalue weighted by atomic mass is 10.2. The average molecular weight is 238 g/mol. The van der Waals surface area contributed by atoms with Crippen molar-refractivity contribution in [1.82, 2.24) is 9.88 Å². The molecule has 1 fully saturated rings. The maximum absolute atomic E-state index is 12.2. The van der Waals surface area contributed by atoms with Gasteiger partial charge in [0, 0.05) is 30.3 Å². The molecule has 0 bridgehead atoms. The van der Waals surface area contributed by atoms with Crippen LogP contribution in [0.2, 0.25) is 0 Å². The van der Waals surface area contributed by atoms with E-state index in [0.717, 1.165) is 18.1 Å². The first-order valence-electron chi connectivity index (χ1n) is 5.22. The van der Waals surface area contributed by atoms with Crippen molar-refractivity contribution in [2.45, 2.75) is 13.0 Å². The Kier molecular flexibility index (Phi) is 3.33. The number of thioether (sulfide) groups is 1. The van der Waals surface area contributed by atoms with Gasteiger partial charge in [-0.05, 0) is 13.0 Å². The molecule has 4 nitrogen and oxygen atoms in total. The molecule has 1 atom stereocenters. The van der Waals surface area contributed by atoms with Crippen molar-refractivity contribution >= 4 is 17.7 Å². The van der Waals surface area contributed by atoms with Crippen LogP contribution < -0.4 is 0 Å². The topological polar surface area (TPSA) is 53.4 Å². The van der Waals surface area contributed by atoms with E-state index in [1.54, 1.807) is 6.07 Å². The van der Waals surface area contributed by atoms with Crippen molar-refractivity contribution in [3.05, 3.63) is 24.0 Å². The molecule has 86 valence electrons. The van der Waals surface area contributed by atoms with Gasteiger partial charge in [0.15, 0.2) is 0 Å². The molecular formula is C11H14N2O2S. The molecule has 16 heavy (non-hydrogen) atoms. The monoisotopic (exact) mass is 238 g/mol. The van der Waals surface area contributed by atoms with Gasteiger partial charge in [0.1, 0.15) is 5.75 Å². The summed E-state index contributed by atoms with van der Waals surface area (Å²) in [6.45, 7) is 2.77. The van der Waals surface area contributed by atoms with Crippen LogP contribution in [0.15, 0.2) is 18.5 Å². The Bertz CT molecular complexity index is 397. The first kappa shape index (κ1) is 11.3. The Morgan fingerprint density at radius 2 is 2.50 bits per heavy atom. The molecule has 0 spiro atoms. The van der Waals surface area contributed by atoms with E-state index in [2.05, 4.69) is 4.98 Å². The van der Waals surface area contributed by atoms with Crippen molar-refractivity contribution < 1.29 is 9.90 Å². The molecule has 0 aliphatic carbocycles. The van der Waals surface area contributed by atoms with Crippen molar-refractivity contribution in [3.63, 3.8) is 0 Å². The van der Waals surface area contributed by atoms with E-state index in [-0.39, 0.29) is 17.7 Å². The molecule has 5 heteroatoms. The van der Waals surface area contributed by atoms with Crippen LogP contribution in [0.3, 0.4) is 0 Å². The summed E-state index contributed by atoms with van der Waals surface area (Å²) in [6, 6.07) is 1.78. The first-order valence-corrected chi connectivity index (χ1v) is 6.37. The van der Waals surface area contributed by atoms with Crippen LogP contribution in [-0.2, 0) is 0 Å². The van der Waals surface area contributed by atoms with Gasteiger partial charge in [-0.3, -0.25) is 9.78 Å². The zero-order valence-electron chi connectivity index (χ0n) is 9.09. The predicted octanol–water partition coefficient (Wildman–Crippen LogP) is 1.36. The van der Waals surface area contributed by atoms with Gasteiger partial charge in [-0.15, -0.1) is 0 Å². The van der Waals surface area contributed by atoms with E-state index in [4.69, 9.17) is 0 Å². The van der Waals surface area contributed by atoms with Crippen molar-refractivity contribution in [3.8, 4) is 5.75 Å². The van der Waals surface area contributed by atoms with E-state index in [1.807, 2.05) is 23.6 Å². The van der Waals surface area contributed by atoms with Gasteiger partial charge in [-0.25, -0.2) is 0 Å². The standard InChI is InChI=1S/C11H14N2O2S/c1-8-7-16-5-4-13(8)11(15)9-2-3-12-6-10(9)14/h2-3,6,8,14H,4-5,7H2,1H3. The summed E-state index contributed by atoms with van der Waals surface area (Å²) in [5, 5.41) is 9.58. The number of aromatic hydroxyl groups is 1. The summed E-state index contributed by atoms with van der Waals surface area (Å²) in [7, 11) is 0. The molecule has 1 aromatic rings. The molecule has 1 unspecified atom stereocenters. The fourth-order valence-corrected chi connectivity index (χ4v) is 2.76. The summed E-state index contributed by atoms with van der Waals surface area (Å²) in [5.74, 6) is 1.77. The Balaban J connectivity index is 2.21. The largest absolute Gasteiger partial charge is 0.505 e. The minimum Gasteiger partial charge on any atom is -0.505 e. The van der Waals surface area contributed by atoms with Crippen LogP contribution >= 0.6 is 11.8 Å². The minimum absolute atomic E-state index is 0.0436. The van der Waals surface area contributed by atoms with Crippen LogP contribution in [0.5, 0.6) is 5.75 Å². The van der Waals surface area contributed by atoms with E-state index in [0.29, 0.717) is 5.56 Å². The van der Waals surface area contributed by atoms with Gasteiger partial charge in [-0.1, -0.05) is 0 Å². The van der Waals surface area contributed by atoms with Crippen molar-refractivity contribution in [2.75, 3.05) is 18.1 Å². The lowest BCUT2D eigenvalue weighted by Gasteiger charge is -2.33. The maximum atomic E-state index is 12.2. The van der Waals surface area contributed by atoms with Gasteiger partial charge in [0.25, 0.3) is 5.91 Å². The molecule has 0 radical (unpaired) electrons. The van der Waals surface area contributed by atoms with Crippen LogP contribution in [0.4, 0.5) is 0 Å². The Labute approximate surface area is 98.7 Å². The lowest BCUT2D eigenvalue weighted by molar-refractivity contribution is 0.0713. The summed E-state index contributed by atoms with van der Waals surface area (Å²) < 4.78 is 0. The third kappa shape index (κ3) is 2.14. The Hall–Kier alpha value is -1.23. The highest BCUT2D eigenvalue weighted by Crippen LogP contribution is 2.22. The molecular weight excluding hydrogens is 224 g/mol. The molecule has 2 heterocycles. The normalized spacial score (nSPS) is 20.8. The molecule has 1 amide bonds. The Morgan fingerprint density at radius 3 is 3.19 bits per heavy atom. The Morgan fingerprint density at radius 1 is 1.69 bits per heavy atom. The number of pyridine rings is 1. The highest BCUT2D eigenvalue weighted by molar-refractivity contribution is 7.99. The molecule has 0 saturated carbocycles. The van der Waals surface area contributed by atoms with Gasteiger partial charge in [-0.2, -0.15) is 11.8 Å². The fraction of sp³-hybridized carbons (Fsp3) is 0.455. The summed E-state index contributed by atoms with van der Waals surface area (Å²) in [6.07, 6.45) is 2.83. The second-order valence-electron chi connectivity index (χ2n) is 3.82. The van der Waals surface area contributed by atoms with E-state index < -0.39 is 0 Å². The number of amides is 1. The highest BCUT2D eigenvalue weighted by Gasteiger charge is 2.25. The quantitative estimate of drug-likeness (QED) is 0.802. The van der Waals surface area contributed by atoms with Crippen LogP contribution in [0, 0.1) is 0 Å². The van der Waals surface area contributed by atoms with Crippen LogP contribution in [-0.4, -0.2) is 45.0 Å².